The molecule has 112 valence electrons. The summed E-state index contributed by atoms with van der Waals surface area (Å²) in [4.78, 5) is 11.2. The fourth-order valence-electron chi connectivity index (χ4n) is 1.46. The average Bonchev–Trinajstić information content (AvgIpc) is 2.26. The van der Waals surface area contributed by atoms with Gasteiger partial charge in [0.05, 0.1) is 19.1 Å². The third-order valence-corrected chi connectivity index (χ3v) is 2.92. The maximum absolute atomic E-state index is 12.0. The van der Waals surface area contributed by atoms with Crippen molar-refractivity contribution in [3.63, 3.8) is 0 Å². The van der Waals surface area contributed by atoms with Crippen molar-refractivity contribution in [2.45, 2.75) is 25.8 Å². The minimum absolute atomic E-state index is 0.186. The number of ether oxygens (including phenoxy) is 2. The molecule has 0 saturated carbocycles. The van der Waals surface area contributed by atoms with Crippen molar-refractivity contribution < 1.29 is 32.5 Å². The molecule has 0 radical (unpaired) electrons. The van der Waals surface area contributed by atoms with E-state index in [1.54, 1.807) is 6.92 Å². The van der Waals surface area contributed by atoms with E-state index in [1.165, 1.54) is 6.07 Å². The molecule has 1 rings (SSSR count). The van der Waals surface area contributed by atoms with Gasteiger partial charge in [0.25, 0.3) is 0 Å². The zero-order chi connectivity index (χ0) is 15.3. The van der Waals surface area contributed by atoms with Crippen LogP contribution < -0.4 is 4.74 Å². The molecular weight excluding hydrogens is 345 g/mol. The summed E-state index contributed by atoms with van der Waals surface area (Å²) in [6.07, 6.45) is -6.25. The van der Waals surface area contributed by atoms with E-state index in [0.717, 1.165) is 12.1 Å². The summed E-state index contributed by atoms with van der Waals surface area (Å²) in [6, 6.07) is 3.37. The van der Waals surface area contributed by atoms with Crippen molar-refractivity contribution in [3.05, 3.63) is 28.2 Å². The molecule has 0 amide bonds. The molecule has 0 bridgehead atoms. The second-order valence-electron chi connectivity index (χ2n) is 3.76. The van der Waals surface area contributed by atoms with Crippen molar-refractivity contribution >= 4 is 21.9 Å². The Hall–Kier alpha value is -1.28. The lowest BCUT2D eigenvalue weighted by Gasteiger charge is -2.14. The molecule has 1 unspecified atom stereocenters. The number of benzene rings is 1. The van der Waals surface area contributed by atoms with Crippen molar-refractivity contribution in [3.8, 4) is 5.75 Å². The number of hydrogen-bond donors (Lipinski definition) is 1. The molecule has 1 aromatic rings. The Bertz CT molecular complexity index is 476. The predicted molar refractivity (Wildman–Crippen MR) is 67.0 cm³/mol. The molecule has 8 heteroatoms. The Kier molecular flexibility index (Phi) is 5.82. The first kappa shape index (κ1) is 16.8. The number of rotatable bonds is 5. The number of halogens is 4. The van der Waals surface area contributed by atoms with Crippen LogP contribution in [0.25, 0.3) is 0 Å². The molecule has 20 heavy (non-hydrogen) atoms. The second kappa shape index (κ2) is 6.94. The fourth-order valence-corrected chi connectivity index (χ4v) is 2.08. The third-order valence-electron chi connectivity index (χ3n) is 2.23. The van der Waals surface area contributed by atoms with Gasteiger partial charge in [-0.05, 0) is 24.6 Å². The number of alkyl halides is 3. The molecular formula is C12H12BrF3O4. The van der Waals surface area contributed by atoms with Crippen molar-refractivity contribution in [1.29, 1.82) is 0 Å². The Morgan fingerprint density at radius 2 is 2.10 bits per heavy atom. The highest BCUT2D eigenvalue weighted by Gasteiger charge is 2.31. The lowest BCUT2D eigenvalue weighted by Crippen LogP contribution is -2.17. The van der Waals surface area contributed by atoms with Gasteiger partial charge < -0.3 is 14.6 Å². The van der Waals surface area contributed by atoms with Gasteiger partial charge in [-0.1, -0.05) is 22.0 Å². The largest absolute Gasteiger partial charge is 0.573 e. The smallest absolute Gasteiger partial charge is 0.466 e. The topological polar surface area (TPSA) is 55.8 Å². The maximum Gasteiger partial charge on any atom is 0.573 e. The van der Waals surface area contributed by atoms with Gasteiger partial charge in [-0.2, -0.15) is 0 Å². The quantitative estimate of drug-likeness (QED) is 0.822. The average molecular weight is 357 g/mol. The van der Waals surface area contributed by atoms with Crippen LogP contribution in [0.5, 0.6) is 5.75 Å². The minimum atomic E-state index is -4.79. The Morgan fingerprint density at radius 3 is 2.60 bits per heavy atom. The van der Waals surface area contributed by atoms with E-state index in [2.05, 4.69) is 25.4 Å². The number of esters is 1. The minimum Gasteiger partial charge on any atom is -0.466 e. The second-order valence-corrected chi connectivity index (χ2v) is 4.61. The van der Waals surface area contributed by atoms with Gasteiger partial charge in [-0.15, -0.1) is 13.2 Å². The van der Waals surface area contributed by atoms with E-state index < -0.39 is 24.2 Å². The highest BCUT2D eigenvalue weighted by molar-refractivity contribution is 9.10. The van der Waals surface area contributed by atoms with Crippen LogP contribution in [0.2, 0.25) is 0 Å². The molecule has 0 spiro atoms. The van der Waals surface area contributed by atoms with Crippen LogP contribution in [-0.2, 0) is 9.53 Å². The van der Waals surface area contributed by atoms with Gasteiger partial charge >= 0.3 is 12.3 Å². The Labute approximate surface area is 121 Å². The van der Waals surface area contributed by atoms with Crippen LogP contribution in [0.4, 0.5) is 13.2 Å². The Balaban J connectivity index is 2.79. The van der Waals surface area contributed by atoms with Crippen LogP contribution in [0.3, 0.4) is 0 Å². The van der Waals surface area contributed by atoms with Crippen LogP contribution in [-0.4, -0.2) is 24.0 Å². The van der Waals surface area contributed by atoms with Gasteiger partial charge in [-0.25, -0.2) is 0 Å². The molecule has 4 nitrogen and oxygen atoms in total. The molecule has 0 aliphatic carbocycles. The summed E-state index contributed by atoms with van der Waals surface area (Å²) < 4.78 is 44.7. The van der Waals surface area contributed by atoms with E-state index in [0.29, 0.717) is 0 Å². The normalized spacial score (nSPS) is 12.9. The van der Waals surface area contributed by atoms with Gasteiger partial charge in [0, 0.05) is 4.47 Å². The van der Waals surface area contributed by atoms with E-state index in [-0.39, 0.29) is 23.1 Å². The summed E-state index contributed by atoms with van der Waals surface area (Å²) in [6.45, 7) is 1.81. The summed E-state index contributed by atoms with van der Waals surface area (Å²) in [5.74, 6) is -1.01. The highest BCUT2D eigenvalue weighted by atomic mass is 79.9. The number of carbonyl (C=O) groups is 1. The lowest BCUT2D eigenvalue weighted by molar-refractivity contribution is -0.274. The van der Waals surface area contributed by atoms with E-state index >= 15 is 0 Å². The number of hydrogen-bond acceptors (Lipinski definition) is 4. The fraction of sp³-hybridized carbons (Fsp3) is 0.417. The molecule has 0 aromatic heterocycles. The van der Waals surface area contributed by atoms with Crippen molar-refractivity contribution in [2.75, 3.05) is 6.61 Å². The molecule has 0 saturated heterocycles. The van der Waals surface area contributed by atoms with Crippen LogP contribution in [0.1, 0.15) is 25.0 Å². The van der Waals surface area contributed by atoms with Gasteiger partial charge in [0.15, 0.2) is 0 Å². The van der Waals surface area contributed by atoms with E-state index in [9.17, 15) is 23.1 Å². The first-order chi connectivity index (χ1) is 9.23. The first-order valence-electron chi connectivity index (χ1n) is 5.61. The van der Waals surface area contributed by atoms with Crippen LogP contribution in [0.15, 0.2) is 22.7 Å². The zero-order valence-electron chi connectivity index (χ0n) is 10.4. The van der Waals surface area contributed by atoms with Crippen LogP contribution in [0, 0.1) is 0 Å². The van der Waals surface area contributed by atoms with E-state index in [1.807, 2.05) is 0 Å². The molecule has 1 atom stereocenters. The number of carbonyl (C=O) groups excluding carboxylic acids is 1. The summed E-state index contributed by atoms with van der Waals surface area (Å²) in [5, 5.41) is 9.83. The van der Waals surface area contributed by atoms with Gasteiger partial charge in [0.1, 0.15) is 5.75 Å². The molecule has 0 fully saturated rings. The standard InChI is InChI=1S/C12H12BrF3O4/c1-2-19-11(18)6-10(17)8-4-3-7(5-9(8)13)20-12(14,15)16/h3-5,10,17H,2,6H2,1H3. The number of aliphatic hydroxyl groups is 1. The number of aliphatic hydroxyl groups excluding tert-OH is 1. The van der Waals surface area contributed by atoms with Gasteiger partial charge in [-0.3, -0.25) is 4.79 Å². The van der Waals surface area contributed by atoms with Gasteiger partial charge in [0.2, 0.25) is 0 Å². The molecule has 0 aliphatic rings. The molecule has 0 aliphatic heterocycles. The van der Waals surface area contributed by atoms with Crippen molar-refractivity contribution in [2.24, 2.45) is 0 Å². The molecule has 0 heterocycles. The van der Waals surface area contributed by atoms with E-state index in [4.69, 9.17) is 0 Å². The maximum atomic E-state index is 12.0. The highest BCUT2D eigenvalue weighted by Crippen LogP contribution is 2.31. The summed E-state index contributed by atoms with van der Waals surface area (Å²) >= 11 is 3.02. The molecule has 1 N–H and O–H groups in total. The summed E-state index contributed by atoms with van der Waals surface area (Å²) in [7, 11) is 0. The lowest BCUT2D eigenvalue weighted by atomic mass is 10.1. The SMILES string of the molecule is CCOC(=O)CC(O)c1ccc(OC(F)(F)F)cc1Br. The monoisotopic (exact) mass is 356 g/mol. The zero-order valence-corrected chi connectivity index (χ0v) is 12.0. The van der Waals surface area contributed by atoms with Crippen LogP contribution >= 0.6 is 15.9 Å². The predicted octanol–water partition coefficient (Wildman–Crippen LogP) is 3.33. The summed E-state index contributed by atoms with van der Waals surface area (Å²) in [5.41, 5.74) is 0.271. The third kappa shape index (κ3) is 5.38. The molecule has 1 aromatic carbocycles. The first-order valence-corrected chi connectivity index (χ1v) is 6.41. The Morgan fingerprint density at radius 1 is 1.45 bits per heavy atom. The van der Waals surface area contributed by atoms with Crippen molar-refractivity contribution in [1.82, 2.24) is 0 Å².